The van der Waals surface area contributed by atoms with Gasteiger partial charge in [-0.25, -0.2) is 4.57 Å². The Balaban J connectivity index is -0.0000000267. The number of hydrogen-bond donors (Lipinski definition) is 8. The van der Waals surface area contributed by atoms with E-state index >= 15 is 0 Å². The topological polar surface area (TPSA) is 240 Å². The maximum absolute atomic E-state index is 9.33. The normalized spacial score (nSPS) is 9.08. The monoisotopic (exact) mass is 245 g/mol. The van der Waals surface area contributed by atoms with Crippen molar-refractivity contribution in [1.29, 1.82) is 0 Å². The molecule has 0 amide bonds. The molecule has 13 heavy (non-hydrogen) atoms. The minimum absolute atomic E-state index is 0. The first-order chi connectivity index (χ1) is 4.00. The van der Waals surface area contributed by atoms with Crippen molar-refractivity contribution in [1.82, 2.24) is 18.5 Å². The van der Waals surface area contributed by atoms with E-state index in [4.69, 9.17) is 29.0 Å². The van der Waals surface area contributed by atoms with Crippen molar-refractivity contribution < 1.29 is 33.6 Å². The lowest BCUT2D eigenvalue weighted by Gasteiger charge is -1.84. The second-order valence-electron chi connectivity index (χ2n) is 1.35. The number of phosphoric acid groups is 1. The van der Waals surface area contributed by atoms with E-state index in [0.29, 0.717) is 0 Å². The minimum atomic E-state index is -4.64. The zero-order chi connectivity index (χ0) is 9.00. The Labute approximate surface area is 75.1 Å². The molecule has 14 N–H and O–H groups in total. The lowest BCUT2D eigenvalue weighted by atomic mass is 12.0. The van der Waals surface area contributed by atoms with Gasteiger partial charge in [0, 0.05) is 6.66 Å². The standard InChI is InChI=1S/CH5O3P.3H3N.H3O4P/c1-5(2,3)4;;;;1-5(2,3)4/h1H3,(H2,2,3,4);3*1H3;(H3,1,2,3,4). The first-order valence-corrected chi connectivity index (χ1v) is 5.44. The molecule has 0 aliphatic rings. The van der Waals surface area contributed by atoms with Crippen LogP contribution in [0.15, 0.2) is 0 Å². The van der Waals surface area contributed by atoms with E-state index in [9.17, 15) is 4.57 Å². The summed E-state index contributed by atoms with van der Waals surface area (Å²) in [5, 5.41) is 0. The van der Waals surface area contributed by atoms with Crippen LogP contribution >= 0.6 is 15.4 Å². The largest absolute Gasteiger partial charge is 0.466 e. The molecule has 0 unspecified atom stereocenters. The highest BCUT2D eigenvalue weighted by molar-refractivity contribution is 7.50. The smallest absolute Gasteiger partial charge is 0.344 e. The molecule has 0 fully saturated rings. The summed E-state index contributed by atoms with van der Waals surface area (Å²) in [7, 11) is -8.28. The molecule has 0 saturated carbocycles. The van der Waals surface area contributed by atoms with Crippen LogP contribution in [-0.4, -0.2) is 31.1 Å². The van der Waals surface area contributed by atoms with Crippen LogP contribution < -0.4 is 18.5 Å². The average Bonchev–Trinajstić information content (AvgIpc) is 1.12. The predicted octanol–water partition coefficient (Wildman–Crippen LogP) is -0.649. The van der Waals surface area contributed by atoms with Crippen LogP contribution in [0.2, 0.25) is 0 Å². The molecule has 0 atom stereocenters. The number of rotatable bonds is 0. The Kier molecular flexibility index (Phi) is 23.0. The Bertz CT molecular complexity index is 134. The molecule has 10 nitrogen and oxygen atoms in total. The van der Waals surface area contributed by atoms with Gasteiger partial charge in [-0.2, -0.15) is 0 Å². The molecule has 0 aromatic carbocycles. The van der Waals surface area contributed by atoms with Crippen molar-refractivity contribution in [2.75, 3.05) is 6.66 Å². The second kappa shape index (κ2) is 10.2. The van der Waals surface area contributed by atoms with Gasteiger partial charge in [0.15, 0.2) is 0 Å². The van der Waals surface area contributed by atoms with E-state index < -0.39 is 15.4 Å². The van der Waals surface area contributed by atoms with Crippen LogP contribution in [0.5, 0.6) is 0 Å². The fraction of sp³-hybridized carbons (Fsp3) is 1.00. The Morgan fingerprint density at radius 1 is 0.769 bits per heavy atom. The summed E-state index contributed by atoms with van der Waals surface area (Å²) in [4.78, 5) is 36.8. The molecule has 0 radical (unpaired) electrons. The van der Waals surface area contributed by atoms with Crippen LogP contribution in [0.1, 0.15) is 0 Å². The van der Waals surface area contributed by atoms with Gasteiger partial charge in [-0.1, -0.05) is 0 Å². The lowest BCUT2D eigenvalue weighted by molar-refractivity contribution is 0.275. The summed E-state index contributed by atoms with van der Waals surface area (Å²) in [5.41, 5.74) is 0. The fourth-order valence-electron chi connectivity index (χ4n) is 0. The van der Waals surface area contributed by atoms with Crippen LogP contribution in [-0.2, 0) is 9.13 Å². The van der Waals surface area contributed by atoms with Gasteiger partial charge in [0.2, 0.25) is 0 Å². The molecule has 88 valence electrons. The summed E-state index contributed by atoms with van der Waals surface area (Å²) in [6, 6.07) is 0. The number of hydrogen-bond acceptors (Lipinski definition) is 5. The average molecular weight is 245 g/mol. The molecule has 12 heteroatoms. The van der Waals surface area contributed by atoms with Crippen LogP contribution in [0.25, 0.3) is 0 Å². The van der Waals surface area contributed by atoms with Crippen LogP contribution in [0, 0.1) is 0 Å². The highest BCUT2D eigenvalue weighted by Crippen LogP contribution is 2.26. The van der Waals surface area contributed by atoms with Gasteiger partial charge in [-0.3, -0.25) is 4.57 Å². The van der Waals surface area contributed by atoms with E-state index in [1.54, 1.807) is 0 Å². The fourth-order valence-corrected chi connectivity index (χ4v) is 0. The third-order valence-electron chi connectivity index (χ3n) is 0. The molecule has 0 aliphatic heterocycles. The van der Waals surface area contributed by atoms with E-state index in [1.165, 1.54) is 0 Å². The summed E-state index contributed by atoms with van der Waals surface area (Å²) >= 11 is 0. The summed E-state index contributed by atoms with van der Waals surface area (Å²) < 4.78 is 18.2. The van der Waals surface area contributed by atoms with Crippen LogP contribution in [0.3, 0.4) is 0 Å². The molecular formula is CH17N3O7P2. The van der Waals surface area contributed by atoms with Gasteiger partial charge in [-0.05, 0) is 0 Å². The van der Waals surface area contributed by atoms with Crippen molar-refractivity contribution in [2.45, 2.75) is 0 Å². The molecule has 0 spiro atoms. The predicted molar refractivity (Wildman–Crippen MR) is 47.3 cm³/mol. The lowest BCUT2D eigenvalue weighted by Crippen LogP contribution is -1.66. The van der Waals surface area contributed by atoms with E-state index in [2.05, 4.69) is 0 Å². The van der Waals surface area contributed by atoms with Gasteiger partial charge in [0.25, 0.3) is 0 Å². The molecular weight excluding hydrogens is 228 g/mol. The maximum atomic E-state index is 9.33. The first-order valence-electron chi connectivity index (χ1n) is 1.81. The summed E-state index contributed by atoms with van der Waals surface area (Å²) in [5.74, 6) is 0. The van der Waals surface area contributed by atoms with Gasteiger partial charge < -0.3 is 42.9 Å². The Hall–Kier alpha value is 0.140. The van der Waals surface area contributed by atoms with E-state index in [1.807, 2.05) is 0 Å². The van der Waals surface area contributed by atoms with Gasteiger partial charge >= 0.3 is 15.4 Å². The van der Waals surface area contributed by atoms with E-state index in [0.717, 1.165) is 6.66 Å². The van der Waals surface area contributed by atoms with Crippen molar-refractivity contribution in [3.8, 4) is 0 Å². The second-order valence-corrected chi connectivity index (χ2v) is 4.05. The molecule has 0 bridgehead atoms. The third kappa shape index (κ3) is 63700. The molecule has 0 aromatic rings. The molecule has 0 saturated heterocycles. The van der Waals surface area contributed by atoms with Crippen molar-refractivity contribution in [2.24, 2.45) is 0 Å². The van der Waals surface area contributed by atoms with Gasteiger partial charge in [-0.15, -0.1) is 0 Å². The third-order valence-corrected chi connectivity index (χ3v) is 0. The van der Waals surface area contributed by atoms with Crippen molar-refractivity contribution in [3.63, 3.8) is 0 Å². The Morgan fingerprint density at radius 2 is 0.769 bits per heavy atom. The SMILES string of the molecule is CP(=O)(O)O.N.N.N.O=P(O)(O)O. The van der Waals surface area contributed by atoms with Crippen LogP contribution in [0.4, 0.5) is 0 Å². The van der Waals surface area contributed by atoms with Gasteiger partial charge in [0.05, 0.1) is 0 Å². The highest BCUT2D eigenvalue weighted by Gasteiger charge is 2.00. The van der Waals surface area contributed by atoms with Gasteiger partial charge in [0.1, 0.15) is 0 Å². The zero-order valence-corrected chi connectivity index (χ0v) is 8.86. The maximum Gasteiger partial charge on any atom is 0.466 e. The molecule has 0 heterocycles. The van der Waals surface area contributed by atoms with E-state index in [-0.39, 0.29) is 18.5 Å². The molecule has 0 aromatic heterocycles. The summed E-state index contributed by atoms with van der Waals surface area (Å²) in [6.07, 6.45) is 0. The minimum Gasteiger partial charge on any atom is -0.344 e. The molecule has 0 aliphatic carbocycles. The van der Waals surface area contributed by atoms with Crippen molar-refractivity contribution in [3.05, 3.63) is 0 Å². The quantitative estimate of drug-likeness (QED) is 0.250. The zero-order valence-electron chi connectivity index (χ0n) is 7.07. The molecule has 0 rings (SSSR count). The first kappa shape index (κ1) is 29.2. The van der Waals surface area contributed by atoms with Crippen molar-refractivity contribution >= 4 is 15.4 Å². The summed E-state index contributed by atoms with van der Waals surface area (Å²) in [6.45, 7) is 0.854. The highest BCUT2D eigenvalue weighted by atomic mass is 31.2. The Morgan fingerprint density at radius 3 is 0.769 bits per heavy atom.